The van der Waals surface area contributed by atoms with Crippen molar-refractivity contribution in [1.82, 2.24) is 0 Å². The van der Waals surface area contributed by atoms with E-state index in [0.717, 1.165) is 6.42 Å². The van der Waals surface area contributed by atoms with E-state index >= 15 is 0 Å². The molecular weight excluding hydrogens is 224 g/mol. The van der Waals surface area contributed by atoms with E-state index in [4.69, 9.17) is 14.2 Å². The SMILES string of the molecule is CCC(C)(C)C(=O)OC1COC2C(O)OCC12. The molecule has 0 aromatic heterocycles. The van der Waals surface area contributed by atoms with E-state index in [9.17, 15) is 9.90 Å². The van der Waals surface area contributed by atoms with Gasteiger partial charge in [0, 0.05) is 0 Å². The van der Waals surface area contributed by atoms with E-state index in [2.05, 4.69) is 0 Å². The molecule has 0 radical (unpaired) electrons. The highest BCUT2D eigenvalue weighted by atomic mass is 16.7. The molecule has 2 saturated heterocycles. The molecule has 0 aromatic rings. The van der Waals surface area contributed by atoms with Crippen LogP contribution in [0.2, 0.25) is 0 Å². The lowest BCUT2D eigenvalue weighted by Gasteiger charge is -2.24. The molecule has 2 aliphatic rings. The minimum Gasteiger partial charge on any atom is -0.459 e. The van der Waals surface area contributed by atoms with Gasteiger partial charge in [0.25, 0.3) is 0 Å². The third-order valence-corrected chi connectivity index (χ3v) is 3.79. The van der Waals surface area contributed by atoms with Crippen LogP contribution in [0.15, 0.2) is 0 Å². The van der Waals surface area contributed by atoms with Crippen molar-refractivity contribution in [3.05, 3.63) is 0 Å². The fraction of sp³-hybridized carbons (Fsp3) is 0.917. The maximum absolute atomic E-state index is 11.9. The van der Waals surface area contributed by atoms with Crippen molar-refractivity contribution in [3.63, 3.8) is 0 Å². The Morgan fingerprint density at radius 2 is 2.12 bits per heavy atom. The lowest BCUT2D eigenvalue weighted by molar-refractivity contribution is -0.163. The van der Waals surface area contributed by atoms with Crippen molar-refractivity contribution in [2.45, 2.75) is 45.7 Å². The molecule has 0 bridgehead atoms. The van der Waals surface area contributed by atoms with Crippen molar-refractivity contribution in [2.75, 3.05) is 13.2 Å². The normalized spacial score (nSPS) is 36.9. The van der Waals surface area contributed by atoms with E-state index in [1.165, 1.54) is 0 Å². The molecule has 4 atom stereocenters. The van der Waals surface area contributed by atoms with Crippen LogP contribution in [-0.4, -0.2) is 42.8 Å². The molecule has 2 rings (SSSR count). The van der Waals surface area contributed by atoms with Crippen molar-refractivity contribution in [2.24, 2.45) is 11.3 Å². The summed E-state index contributed by atoms with van der Waals surface area (Å²) in [7, 11) is 0. The first-order valence-corrected chi connectivity index (χ1v) is 6.08. The Morgan fingerprint density at radius 1 is 1.41 bits per heavy atom. The number of rotatable bonds is 3. The summed E-state index contributed by atoms with van der Waals surface area (Å²) in [6, 6.07) is 0. The smallest absolute Gasteiger partial charge is 0.311 e. The number of hydrogen-bond acceptors (Lipinski definition) is 5. The van der Waals surface area contributed by atoms with Gasteiger partial charge in [-0.25, -0.2) is 0 Å². The number of esters is 1. The van der Waals surface area contributed by atoms with Crippen LogP contribution < -0.4 is 0 Å². The third-order valence-electron chi connectivity index (χ3n) is 3.79. The molecule has 2 fully saturated rings. The Bertz CT molecular complexity index is 301. The molecule has 0 saturated carbocycles. The van der Waals surface area contributed by atoms with Gasteiger partial charge in [-0.15, -0.1) is 0 Å². The molecule has 0 aliphatic carbocycles. The average molecular weight is 244 g/mol. The summed E-state index contributed by atoms with van der Waals surface area (Å²) in [6.07, 6.45) is -0.803. The summed E-state index contributed by atoms with van der Waals surface area (Å²) in [4.78, 5) is 11.9. The van der Waals surface area contributed by atoms with Crippen LogP contribution in [0.1, 0.15) is 27.2 Å². The zero-order valence-electron chi connectivity index (χ0n) is 10.5. The number of aliphatic hydroxyl groups is 1. The summed E-state index contributed by atoms with van der Waals surface area (Å²) in [5.41, 5.74) is -0.476. The lowest BCUT2D eigenvalue weighted by Crippen LogP contribution is -2.35. The van der Waals surface area contributed by atoms with Gasteiger partial charge < -0.3 is 19.3 Å². The second kappa shape index (κ2) is 4.55. The highest BCUT2D eigenvalue weighted by Crippen LogP contribution is 2.34. The quantitative estimate of drug-likeness (QED) is 0.740. The highest BCUT2D eigenvalue weighted by molar-refractivity contribution is 5.76. The highest BCUT2D eigenvalue weighted by Gasteiger charge is 2.49. The number of hydrogen-bond donors (Lipinski definition) is 1. The molecule has 0 spiro atoms. The van der Waals surface area contributed by atoms with Crippen LogP contribution in [0.5, 0.6) is 0 Å². The number of ether oxygens (including phenoxy) is 3. The molecule has 0 amide bonds. The maximum Gasteiger partial charge on any atom is 0.311 e. The number of carbonyl (C=O) groups is 1. The maximum atomic E-state index is 11.9. The number of fused-ring (bicyclic) bond motifs is 1. The topological polar surface area (TPSA) is 65.0 Å². The van der Waals surface area contributed by atoms with Gasteiger partial charge in [0.15, 0.2) is 6.29 Å². The lowest BCUT2D eigenvalue weighted by atomic mass is 9.90. The molecule has 98 valence electrons. The van der Waals surface area contributed by atoms with E-state index in [0.29, 0.717) is 13.2 Å². The van der Waals surface area contributed by atoms with Crippen LogP contribution >= 0.6 is 0 Å². The second-order valence-electron chi connectivity index (χ2n) is 5.37. The van der Waals surface area contributed by atoms with Gasteiger partial charge in [-0.05, 0) is 20.3 Å². The van der Waals surface area contributed by atoms with E-state index in [1.807, 2.05) is 20.8 Å². The predicted octanol–water partition coefficient (Wildman–Crippen LogP) is 0.698. The van der Waals surface area contributed by atoms with Gasteiger partial charge in [-0.2, -0.15) is 0 Å². The first-order chi connectivity index (χ1) is 7.95. The van der Waals surface area contributed by atoms with Crippen molar-refractivity contribution >= 4 is 5.97 Å². The van der Waals surface area contributed by atoms with E-state index in [-0.39, 0.29) is 24.1 Å². The molecule has 1 N–H and O–H groups in total. The van der Waals surface area contributed by atoms with Crippen LogP contribution in [0.25, 0.3) is 0 Å². The molecule has 0 aromatic carbocycles. The zero-order valence-corrected chi connectivity index (χ0v) is 10.5. The largest absolute Gasteiger partial charge is 0.459 e. The van der Waals surface area contributed by atoms with Crippen LogP contribution in [-0.2, 0) is 19.0 Å². The Hall–Kier alpha value is -0.650. The Balaban J connectivity index is 1.95. The van der Waals surface area contributed by atoms with Crippen LogP contribution in [0.3, 0.4) is 0 Å². The monoisotopic (exact) mass is 244 g/mol. The zero-order chi connectivity index (χ0) is 12.6. The van der Waals surface area contributed by atoms with Crippen molar-refractivity contribution in [1.29, 1.82) is 0 Å². The Morgan fingerprint density at radius 3 is 2.76 bits per heavy atom. The van der Waals surface area contributed by atoms with Gasteiger partial charge in [0.05, 0.1) is 24.5 Å². The molecular formula is C12H20O5. The van der Waals surface area contributed by atoms with E-state index < -0.39 is 11.7 Å². The second-order valence-corrected chi connectivity index (χ2v) is 5.37. The van der Waals surface area contributed by atoms with Crippen molar-refractivity contribution < 1.29 is 24.1 Å². The standard InChI is InChI=1S/C12H20O5/c1-4-12(2,3)11(14)17-8-6-15-9-7(8)5-16-10(9)13/h7-10,13H,4-6H2,1-3H3. The summed E-state index contributed by atoms with van der Waals surface area (Å²) < 4.78 is 16.0. The van der Waals surface area contributed by atoms with Crippen LogP contribution in [0.4, 0.5) is 0 Å². The van der Waals surface area contributed by atoms with Gasteiger partial charge >= 0.3 is 5.97 Å². The third kappa shape index (κ3) is 2.32. The summed E-state index contributed by atoms with van der Waals surface area (Å²) in [5.74, 6) is -0.253. The number of aliphatic hydroxyl groups excluding tert-OH is 1. The fourth-order valence-electron chi connectivity index (χ4n) is 2.03. The summed E-state index contributed by atoms with van der Waals surface area (Å²) >= 11 is 0. The Kier molecular flexibility index (Phi) is 3.43. The first-order valence-electron chi connectivity index (χ1n) is 6.08. The molecule has 5 nitrogen and oxygen atoms in total. The van der Waals surface area contributed by atoms with Gasteiger partial charge in [-0.3, -0.25) is 4.79 Å². The van der Waals surface area contributed by atoms with Crippen molar-refractivity contribution in [3.8, 4) is 0 Å². The van der Waals surface area contributed by atoms with Gasteiger partial charge in [0.1, 0.15) is 12.2 Å². The molecule has 17 heavy (non-hydrogen) atoms. The van der Waals surface area contributed by atoms with Gasteiger partial charge in [0.2, 0.25) is 0 Å². The van der Waals surface area contributed by atoms with Gasteiger partial charge in [-0.1, -0.05) is 6.92 Å². The predicted molar refractivity (Wildman–Crippen MR) is 59.1 cm³/mol. The average Bonchev–Trinajstić information content (AvgIpc) is 2.84. The van der Waals surface area contributed by atoms with Crippen LogP contribution in [0, 0.1) is 11.3 Å². The summed E-state index contributed by atoms with van der Waals surface area (Å²) in [6.45, 7) is 6.42. The molecule has 4 unspecified atom stereocenters. The minimum absolute atomic E-state index is 0.0402. The first kappa shape index (κ1) is 12.8. The minimum atomic E-state index is -0.886. The fourth-order valence-corrected chi connectivity index (χ4v) is 2.03. The molecule has 5 heteroatoms. The number of carbonyl (C=O) groups excluding carboxylic acids is 1. The molecule has 2 heterocycles. The Labute approximate surface area is 101 Å². The molecule has 2 aliphatic heterocycles. The summed E-state index contributed by atoms with van der Waals surface area (Å²) in [5, 5.41) is 9.47. The van der Waals surface area contributed by atoms with E-state index in [1.54, 1.807) is 0 Å².